The highest BCUT2D eigenvalue weighted by Gasteiger charge is 2.59. The highest BCUT2D eigenvalue weighted by Crippen LogP contribution is 2.41. The number of carbonyl (C=O) groups excluding carboxylic acids is 1. The van der Waals surface area contributed by atoms with Crippen LogP contribution < -0.4 is 5.32 Å². The van der Waals surface area contributed by atoms with Gasteiger partial charge in [-0.15, -0.1) is 6.58 Å². The number of carbonyl (C=O) groups is 1. The van der Waals surface area contributed by atoms with Crippen LogP contribution in [0.3, 0.4) is 0 Å². The summed E-state index contributed by atoms with van der Waals surface area (Å²) in [7, 11) is 0. The highest BCUT2D eigenvalue weighted by molar-refractivity contribution is 6.76. The van der Waals surface area contributed by atoms with E-state index in [1.54, 1.807) is 13.0 Å². The Morgan fingerprint density at radius 2 is 0.752 bits per heavy atom. The Balaban J connectivity index is 1.07. The van der Waals surface area contributed by atoms with E-state index in [0.29, 0.717) is 0 Å². The molecule has 0 spiro atoms. The van der Waals surface area contributed by atoms with Gasteiger partial charge in [-0.3, -0.25) is 4.79 Å². The summed E-state index contributed by atoms with van der Waals surface area (Å²) >= 11 is 18.7. The maximum Gasteiger partial charge on any atom is 0.272 e. The quantitative estimate of drug-likeness (QED) is 0.0221. The van der Waals surface area contributed by atoms with E-state index >= 15 is 0 Å². The molecule has 540 valence electrons. The number of hydrogen-bond donors (Lipinski definition) is 4. The molecule has 11 rings (SSSR count). The standard InChI is InChI=1S/C78H88Cl3NO19/c1-4-40-88-74-71(67(92-46-56-34-20-9-21-35-56)64(50(2)95-74)89-43-53-28-14-6-15-29-53)101-76-72(100-73-61(82-77(86)78(79,80)81)63(85)62(84)59(41-83)97-73)69(65(51(3)96-76)90-44-54-30-16-7-17-31-54)99-75-70(94-48-58-38-24-11-25-39-58)68(93-47-57-36-22-10-23-37-57)66(91-45-55-32-18-8-19-33-55)60(98-75)49-87-42-52-26-12-5-13-27-52/h4-39,50-51,59-76,83-85H,1,40-49H2,2-3H3,(H,82,86)/t50-,51-,59+,60+,61+,62+,63+,64-,65-,66+,67+,68-,69+,70+,71+,72+,73-,74+,75+,76-/m0/s1. The lowest BCUT2D eigenvalue weighted by molar-refractivity contribution is -0.409. The van der Waals surface area contributed by atoms with E-state index in [4.69, 9.17) is 106 Å². The summed E-state index contributed by atoms with van der Waals surface area (Å²) in [4.78, 5) is 13.9. The van der Waals surface area contributed by atoms with Crippen molar-refractivity contribution in [2.45, 2.75) is 187 Å². The molecule has 0 bridgehead atoms. The molecule has 4 saturated heterocycles. The third kappa shape index (κ3) is 21.1. The zero-order chi connectivity index (χ0) is 70.5. The van der Waals surface area contributed by atoms with Crippen molar-refractivity contribution >= 4 is 40.7 Å². The van der Waals surface area contributed by atoms with Crippen LogP contribution >= 0.6 is 34.8 Å². The van der Waals surface area contributed by atoms with Crippen molar-refractivity contribution in [3.8, 4) is 0 Å². The summed E-state index contributed by atoms with van der Waals surface area (Å²) in [6.07, 6.45) is -23.2. The summed E-state index contributed by atoms with van der Waals surface area (Å²) in [5.41, 5.74) is 5.94. The molecule has 0 radical (unpaired) electrons. The van der Waals surface area contributed by atoms with Gasteiger partial charge in [-0.05, 0) is 52.8 Å². The van der Waals surface area contributed by atoms with Crippen LogP contribution in [0, 0.1) is 0 Å². The number of ether oxygens (including phenoxy) is 15. The molecule has 7 aromatic carbocycles. The summed E-state index contributed by atoms with van der Waals surface area (Å²) < 4.78 is 103. The van der Waals surface area contributed by atoms with Gasteiger partial charge in [-0.1, -0.05) is 253 Å². The van der Waals surface area contributed by atoms with Gasteiger partial charge in [0.15, 0.2) is 25.2 Å². The number of halogens is 3. The molecule has 4 fully saturated rings. The number of aliphatic hydroxyl groups excluding tert-OH is 3. The number of benzene rings is 7. The van der Waals surface area contributed by atoms with Gasteiger partial charge in [-0.2, -0.15) is 0 Å². The molecule has 1 amide bonds. The van der Waals surface area contributed by atoms with Crippen LogP contribution in [0.15, 0.2) is 225 Å². The Labute approximate surface area is 604 Å². The first-order valence-corrected chi connectivity index (χ1v) is 35.0. The monoisotopic (exact) mass is 1450 g/mol. The second-order valence-electron chi connectivity index (χ2n) is 25.2. The smallest absolute Gasteiger partial charge is 0.272 e. The average molecular weight is 1450 g/mol. The number of amides is 1. The van der Waals surface area contributed by atoms with Crippen LogP contribution in [0.1, 0.15) is 52.8 Å². The van der Waals surface area contributed by atoms with Crippen LogP contribution in [0.25, 0.3) is 0 Å². The topological polar surface area (TPSA) is 228 Å². The predicted octanol–water partition coefficient (Wildman–Crippen LogP) is 10.6. The SMILES string of the molecule is C=CCO[C@@H]1O[C@@H](C)[C@H](OCc2ccccc2)[C@@H](OCc2ccccc2)[C@H]1O[C@@H]1O[C@@H](C)[C@H](OCc2ccccc2)[C@@H](O[C@H]2O[C@H](COCc3ccccc3)[C@@H](OCc3ccccc3)[C@H](OCc3ccccc3)[C@H]2OCc2ccccc2)[C@H]1O[C@@H]1O[C@H](CO)[C@@H](O)[C@H](O)[C@H]1NC(=O)C(Cl)(Cl)Cl. The van der Waals surface area contributed by atoms with Crippen LogP contribution in [0.4, 0.5) is 0 Å². The Bertz CT molecular complexity index is 3530. The zero-order valence-corrected chi connectivity index (χ0v) is 58.4. The molecular weight excluding hydrogens is 1360 g/mol. The summed E-state index contributed by atoms with van der Waals surface area (Å²) in [5, 5.41) is 37.1. The molecule has 0 aromatic heterocycles. The van der Waals surface area contributed by atoms with Crippen LogP contribution in [0.5, 0.6) is 0 Å². The largest absolute Gasteiger partial charge is 0.394 e. The van der Waals surface area contributed by atoms with E-state index in [9.17, 15) is 20.1 Å². The molecule has 0 aliphatic carbocycles. The first-order chi connectivity index (χ1) is 49.2. The van der Waals surface area contributed by atoms with Gasteiger partial charge in [0, 0.05) is 0 Å². The number of hydrogen-bond acceptors (Lipinski definition) is 19. The minimum atomic E-state index is -2.61. The van der Waals surface area contributed by atoms with Crippen molar-refractivity contribution in [2.75, 3.05) is 19.8 Å². The number of rotatable bonds is 33. The predicted molar refractivity (Wildman–Crippen MR) is 374 cm³/mol. The average Bonchev–Trinajstić information content (AvgIpc) is 0.761. The molecular formula is C78H88Cl3NO19. The lowest BCUT2D eigenvalue weighted by Crippen LogP contribution is -2.70. The summed E-state index contributed by atoms with van der Waals surface area (Å²) in [6, 6.07) is 65.7. The molecule has 4 N–H and O–H groups in total. The van der Waals surface area contributed by atoms with Crippen molar-refractivity contribution in [1.82, 2.24) is 5.32 Å². The van der Waals surface area contributed by atoms with Gasteiger partial charge >= 0.3 is 0 Å². The van der Waals surface area contributed by atoms with Crippen molar-refractivity contribution in [3.63, 3.8) is 0 Å². The summed E-state index contributed by atoms with van der Waals surface area (Å²) in [5.74, 6) is -1.22. The van der Waals surface area contributed by atoms with Gasteiger partial charge in [0.25, 0.3) is 9.70 Å². The van der Waals surface area contributed by atoms with E-state index in [2.05, 4.69) is 11.9 Å². The molecule has 0 saturated carbocycles. The second-order valence-corrected chi connectivity index (χ2v) is 27.4. The normalized spacial score (nSPS) is 29.9. The minimum Gasteiger partial charge on any atom is -0.394 e. The van der Waals surface area contributed by atoms with Crippen molar-refractivity contribution in [1.29, 1.82) is 0 Å². The van der Waals surface area contributed by atoms with Crippen molar-refractivity contribution in [3.05, 3.63) is 264 Å². The van der Waals surface area contributed by atoms with Crippen molar-refractivity contribution < 1.29 is 91.2 Å². The van der Waals surface area contributed by atoms with E-state index in [1.807, 2.05) is 219 Å². The van der Waals surface area contributed by atoms with Crippen molar-refractivity contribution in [2.24, 2.45) is 0 Å². The van der Waals surface area contributed by atoms with Gasteiger partial charge in [0.1, 0.15) is 85.4 Å². The maximum atomic E-state index is 13.9. The Morgan fingerprint density at radius 3 is 1.18 bits per heavy atom. The molecule has 101 heavy (non-hydrogen) atoms. The van der Waals surface area contributed by atoms with E-state index < -0.39 is 139 Å². The van der Waals surface area contributed by atoms with Crippen LogP contribution in [-0.4, -0.2) is 168 Å². The third-order valence-corrected chi connectivity index (χ3v) is 18.4. The lowest BCUT2D eigenvalue weighted by Gasteiger charge is -2.52. The highest BCUT2D eigenvalue weighted by atomic mass is 35.6. The zero-order valence-electron chi connectivity index (χ0n) is 56.1. The Hall–Kier alpha value is -6.10. The van der Waals surface area contributed by atoms with Gasteiger partial charge in [-0.25, -0.2) is 0 Å². The van der Waals surface area contributed by atoms with Crippen LogP contribution in [-0.2, 0) is 122 Å². The van der Waals surface area contributed by atoms with Crippen LogP contribution in [0.2, 0.25) is 0 Å². The van der Waals surface area contributed by atoms with Gasteiger partial charge in [0.2, 0.25) is 0 Å². The van der Waals surface area contributed by atoms with E-state index in [-0.39, 0.29) is 59.5 Å². The molecule has 20 atom stereocenters. The fraction of sp³-hybridized carbons (Fsp3) is 0.423. The fourth-order valence-corrected chi connectivity index (χ4v) is 12.8. The molecule has 23 heteroatoms. The first kappa shape index (κ1) is 76.0. The lowest BCUT2D eigenvalue weighted by atomic mass is 9.94. The first-order valence-electron chi connectivity index (χ1n) is 33.9. The number of aliphatic hydroxyl groups is 3. The molecule has 4 aliphatic rings. The molecule has 7 aromatic rings. The molecule has 0 unspecified atom stereocenters. The number of nitrogens with one attached hydrogen (secondary N) is 1. The van der Waals surface area contributed by atoms with E-state index in [1.165, 1.54) is 0 Å². The number of alkyl halides is 3. The minimum absolute atomic E-state index is 0.00632. The third-order valence-electron chi connectivity index (χ3n) is 17.8. The van der Waals surface area contributed by atoms with Gasteiger partial charge in [0.05, 0.1) is 78.3 Å². The Kier molecular flexibility index (Phi) is 28.7. The summed E-state index contributed by atoms with van der Waals surface area (Å²) in [6.45, 7) is 7.37. The fourth-order valence-electron chi connectivity index (χ4n) is 12.7. The molecule has 4 heterocycles. The second kappa shape index (κ2) is 38.1. The molecule has 20 nitrogen and oxygen atoms in total. The van der Waals surface area contributed by atoms with Gasteiger partial charge < -0.3 is 91.7 Å². The van der Waals surface area contributed by atoms with E-state index in [0.717, 1.165) is 38.9 Å². The molecule has 4 aliphatic heterocycles. The Morgan fingerprint density at radius 1 is 0.416 bits per heavy atom. The maximum absolute atomic E-state index is 13.9.